The Labute approximate surface area is 235 Å². The number of thiazole rings is 1. The molecule has 1 amide bonds. The summed E-state index contributed by atoms with van der Waals surface area (Å²) in [6, 6.07) is 11.1. The van der Waals surface area contributed by atoms with Crippen molar-refractivity contribution in [1.29, 1.82) is 0 Å². The van der Waals surface area contributed by atoms with Crippen molar-refractivity contribution in [3.8, 4) is 0 Å². The minimum atomic E-state index is -3.83. The van der Waals surface area contributed by atoms with Crippen LogP contribution in [0.5, 0.6) is 0 Å². The molecule has 214 valence electrons. The molecule has 1 aromatic heterocycles. The molecule has 1 fully saturated rings. The Bertz CT molecular complexity index is 1650. The first kappa shape index (κ1) is 28.4. The zero-order valence-corrected chi connectivity index (χ0v) is 24.1. The average molecular weight is 612 g/mol. The maximum absolute atomic E-state index is 13.5. The first-order valence-electron chi connectivity index (χ1n) is 12.3. The van der Waals surface area contributed by atoms with Crippen molar-refractivity contribution in [3.63, 3.8) is 0 Å². The first-order valence-corrected chi connectivity index (χ1v) is 16.5. The van der Waals surface area contributed by atoms with Crippen molar-refractivity contribution < 1.29 is 30.4 Å². The third-order valence-corrected chi connectivity index (χ3v) is 11.0. The third-order valence-electron chi connectivity index (χ3n) is 7.04. The number of halogens is 2. The maximum Gasteiger partial charge on any atom is 0.281 e. The number of hydrogen-bond acceptors (Lipinski definition) is 8. The average Bonchev–Trinajstić information content (AvgIpc) is 3.59. The van der Waals surface area contributed by atoms with Crippen molar-refractivity contribution in [2.24, 2.45) is 0 Å². The second kappa shape index (κ2) is 10.7. The zero-order valence-electron chi connectivity index (χ0n) is 21.7. The maximum atomic E-state index is 13.5. The number of aromatic nitrogens is 1. The Hall–Kier alpha value is -3.14. The number of benzene rings is 2. The van der Waals surface area contributed by atoms with Crippen LogP contribution in [-0.2, 0) is 26.5 Å². The van der Waals surface area contributed by atoms with E-state index in [9.17, 15) is 30.4 Å². The summed E-state index contributed by atoms with van der Waals surface area (Å²) in [5, 5.41) is 1.75. The SMILES string of the molecule is CN(c1ccccc1C(=O)N1CCc2cc(S(=O)(=O)N3CCN(c4nc(C(F)F)cs4)CC3)ccc21)S(C)(=O)=O. The van der Waals surface area contributed by atoms with E-state index in [-0.39, 0.29) is 40.8 Å². The van der Waals surface area contributed by atoms with Crippen LogP contribution in [0, 0.1) is 0 Å². The van der Waals surface area contributed by atoms with E-state index in [4.69, 9.17) is 0 Å². The molecule has 15 heteroatoms. The van der Waals surface area contributed by atoms with Gasteiger partial charge in [0.15, 0.2) is 5.13 Å². The van der Waals surface area contributed by atoms with E-state index in [0.29, 0.717) is 42.4 Å². The molecule has 3 heterocycles. The van der Waals surface area contributed by atoms with E-state index in [2.05, 4.69) is 4.98 Å². The number of hydrogen-bond donors (Lipinski definition) is 0. The molecule has 2 aromatic carbocycles. The van der Waals surface area contributed by atoms with E-state index in [1.807, 2.05) is 0 Å². The smallest absolute Gasteiger partial charge is 0.281 e. The van der Waals surface area contributed by atoms with Crippen molar-refractivity contribution in [2.45, 2.75) is 17.7 Å². The molecule has 40 heavy (non-hydrogen) atoms. The molecule has 0 saturated carbocycles. The topological polar surface area (TPSA) is 111 Å². The number of rotatable bonds is 7. The minimum Gasteiger partial charge on any atom is -0.345 e. The lowest BCUT2D eigenvalue weighted by Crippen LogP contribution is -2.48. The van der Waals surface area contributed by atoms with Crippen LogP contribution in [0.3, 0.4) is 0 Å². The van der Waals surface area contributed by atoms with Crippen LogP contribution < -0.4 is 14.1 Å². The van der Waals surface area contributed by atoms with E-state index in [1.165, 1.54) is 27.7 Å². The number of piperazine rings is 1. The highest BCUT2D eigenvalue weighted by Crippen LogP contribution is 2.34. The van der Waals surface area contributed by atoms with E-state index in [1.54, 1.807) is 41.3 Å². The van der Waals surface area contributed by atoms with Crippen molar-refractivity contribution in [1.82, 2.24) is 9.29 Å². The van der Waals surface area contributed by atoms with Crippen molar-refractivity contribution in [2.75, 3.05) is 60.1 Å². The Balaban J connectivity index is 1.32. The summed E-state index contributed by atoms with van der Waals surface area (Å²) in [5.74, 6) is -0.381. The van der Waals surface area contributed by atoms with Gasteiger partial charge < -0.3 is 9.80 Å². The number of para-hydroxylation sites is 1. The van der Waals surface area contributed by atoms with E-state index in [0.717, 1.165) is 21.9 Å². The Morgan fingerprint density at radius 3 is 2.38 bits per heavy atom. The molecule has 0 atom stereocenters. The quantitative estimate of drug-likeness (QED) is 0.404. The Morgan fingerprint density at radius 1 is 1.02 bits per heavy atom. The van der Waals surface area contributed by atoms with E-state index < -0.39 is 26.5 Å². The van der Waals surface area contributed by atoms with Gasteiger partial charge in [-0.3, -0.25) is 9.10 Å². The van der Waals surface area contributed by atoms with Gasteiger partial charge in [-0.15, -0.1) is 11.3 Å². The number of carbonyl (C=O) groups is 1. The summed E-state index contributed by atoms with van der Waals surface area (Å²) in [4.78, 5) is 20.9. The van der Waals surface area contributed by atoms with Gasteiger partial charge in [0.1, 0.15) is 5.69 Å². The second-order valence-corrected chi connectivity index (χ2v) is 14.3. The fraction of sp³-hybridized carbons (Fsp3) is 0.360. The molecule has 0 spiro atoms. The lowest BCUT2D eigenvalue weighted by molar-refractivity contribution is 0.0990. The summed E-state index contributed by atoms with van der Waals surface area (Å²) in [6.07, 6.45) is -1.15. The lowest BCUT2D eigenvalue weighted by atomic mass is 10.1. The molecule has 10 nitrogen and oxygen atoms in total. The summed E-state index contributed by atoms with van der Waals surface area (Å²) in [7, 11) is -6.04. The lowest BCUT2D eigenvalue weighted by Gasteiger charge is -2.33. The molecule has 2 aliphatic rings. The van der Waals surface area contributed by atoms with Gasteiger partial charge >= 0.3 is 0 Å². The number of fused-ring (bicyclic) bond motifs is 1. The number of sulfonamides is 2. The molecule has 5 rings (SSSR count). The predicted octanol–water partition coefficient (Wildman–Crippen LogP) is 3.19. The van der Waals surface area contributed by atoms with Crippen LogP contribution in [0.4, 0.5) is 25.3 Å². The minimum absolute atomic E-state index is 0.112. The molecule has 0 unspecified atom stereocenters. The number of alkyl halides is 2. The first-order chi connectivity index (χ1) is 18.9. The van der Waals surface area contributed by atoms with Crippen LogP contribution in [0.15, 0.2) is 52.7 Å². The summed E-state index contributed by atoms with van der Waals surface area (Å²) >= 11 is 1.11. The van der Waals surface area contributed by atoms with Crippen molar-refractivity contribution in [3.05, 3.63) is 64.7 Å². The van der Waals surface area contributed by atoms with E-state index >= 15 is 0 Å². The molecule has 3 aromatic rings. The molecule has 2 aliphatic heterocycles. The standard InChI is InChI=1S/C25H27F2N5O5S3/c1-29(39(2,34)35)22-6-4-3-5-19(22)24(33)32-10-9-17-15-18(7-8-21(17)32)40(36,37)31-13-11-30(12-14-31)25-28-20(16-38-25)23(26)27/h3-8,15-16,23H,9-14H2,1-2H3. The van der Waals surface area contributed by atoms with Gasteiger partial charge in [-0.25, -0.2) is 30.6 Å². The highest BCUT2D eigenvalue weighted by Gasteiger charge is 2.33. The summed E-state index contributed by atoms with van der Waals surface area (Å²) in [5.41, 5.74) is 1.46. The number of carbonyl (C=O) groups excluding carboxylic acids is 1. The van der Waals surface area contributed by atoms with Crippen LogP contribution in [0.25, 0.3) is 0 Å². The normalized spacial score (nSPS) is 16.4. The predicted molar refractivity (Wildman–Crippen MR) is 150 cm³/mol. The van der Waals surface area contributed by atoms with Crippen LogP contribution in [-0.4, -0.2) is 78.1 Å². The fourth-order valence-electron chi connectivity index (χ4n) is 4.79. The Kier molecular flexibility index (Phi) is 7.58. The fourth-order valence-corrected chi connectivity index (χ4v) is 7.65. The molecule has 0 radical (unpaired) electrons. The zero-order chi connectivity index (χ0) is 28.8. The number of nitrogens with zero attached hydrogens (tertiary/aromatic N) is 5. The molecular formula is C25H27F2N5O5S3. The summed E-state index contributed by atoms with van der Waals surface area (Å²) in [6.45, 7) is 1.33. The summed E-state index contributed by atoms with van der Waals surface area (Å²) < 4.78 is 79.3. The van der Waals surface area contributed by atoms with Gasteiger partial charge in [0.05, 0.1) is 22.4 Å². The van der Waals surface area contributed by atoms with Crippen LogP contribution in [0.1, 0.15) is 28.0 Å². The highest BCUT2D eigenvalue weighted by atomic mass is 32.2. The number of anilines is 3. The largest absolute Gasteiger partial charge is 0.345 e. The highest BCUT2D eigenvalue weighted by molar-refractivity contribution is 7.92. The van der Waals surface area contributed by atoms with Gasteiger partial charge in [0.2, 0.25) is 20.0 Å². The molecule has 1 saturated heterocycles. The van der Waals surface area contributed by atoms with Gasteiger partial charge in [-0.1, -0.05) is 12.1 Å². The molecule has 0 N–H and O–H groups in total. The van der Waals surface area contributed by atoms with Gasteiger partial charge in [0, 0.05) is 50.8 Å². The molecule has 0 bridgehead atoms. The monoisotopic (exact) mass is 611 g/mol. The third kappa shape index (κ3) is 5.30. The van der Waals surface area contributed by atoms with Crippen LogP contribution in [0.2, 0.25) is 0 Å². The van der Waals surface area contributed by atoms with Gasteiger partial charge in [0.25, 0.3) is 12.3 Å². The van der Waals surface area contributed by atoms with Crippen molar-refractivity contribution >= 4 is 53.8 Å². The van der Waals surface area contributed by atoms with Gasteiger partial charge in [-0.2, -0.15) is 4.31 Å². The number of amides is 1. The van der Waals surface area contributed by atoms with Gasteiger partial charge in [-0.05, 0) is 42.3 Å². The van der Waals surface area contributed by atoms with Crippen LogP contribution >= 0.6 is 11.3 Å². The molecule has 0 aliphatic carbocycles. The molecular weight excluding hydrogens is 585 g/mol. The second-order valence-electron chi connectivity index (χ2n) is 9.49. The Morgan fingerprint density at radius 2 is 1.73 bits per heavy atom.